The Labute approximate surface area is 366 Å². The number of nitrogens with zero attached hydrogens (tertiary/aromatic N) is 5. The lowest BCUT2D eigenvalue weighted by atomic mass is 10.1. The number of para-hydroxylation sites is 2. The van der Waals surface area contributed by atoms with Gasteiger partial charge in [-0.05, 0) is 113 Å². The molecule has 8 rings (SSSR count). The Hall–Kier alpha value is -5.28. The number of carbonyl (C=O) groups is 2. The number of hydrogen-bond acceptors (Lipinski definition) is 12. The quantitative estimate of drug-likeness (QED) is 0.108. The van der Waals surface area contributed by atoms with E-state index in [1.165, 1.54) is 6.42 Å². The van der Waals surface area contributed by atoms with Crippen molar-refractivity contribution in [2.45, 2.75) is 70.7 Å². The van der Waals surface area contributed by atoms with Gasteiger partial charge in [0, 0.05) is 42.3 Å². The molecule has 0 saturated carbocycles. The Bertz CT molecular complexity index is 2350. The van der Waals surface area contributed by atoms with Crippen LogP contribution in [-0.4, -0.2) is 109 Å². The number of carbonyl (C=O) groups excluding carboxylic acids is 2. The number of likely N-dealkylation sites (tertiary alicyclic amines) is 1. The van der Waals surface area contributed by atoms with Crippen LogP contribution in [0.5, 0.6) is 23.0 Å². The van der Waals surface area contributed by atoms with Crippen LogP contribution in [0.4, 0.5) is 0 Å². The van der Waals surface area contributed by atoms with Crippen molar-refractivity contribution >= 4 is 54.9 Å². The molecule has 2 aromatic heterocycles. The highest BCUT2D eigenvalue weighted by molar-refractivity contribution is 7.18. The second kappa shape index (κ2) is 20.5. The van der Waals surface area contributed by atoms with Crippen LogP contribution in [0.15, 0.2) is 84.9 Å². The van der Waals surface area contributed by atoms with Gasteiger partial charge in [0.1, 0.15) is 10.0 Å². The molecule has 322 valence electrons. The Morgan fingerprint density at radius 3 is 1.66 bits per heavy atom. The molecule has 0 aliphatic carbocycles. The number of ether oxygens (including phenoxy) is 4. The fourth-order valence-electron chi connectivity index (χ4n) is 8.21. The lowest BCUT2D eigenvalue weighted by Gasteiger charge is -2.33. The highest BCUT2D eigenvalue weighted by Gasteiger charge is 2.31. The minimum Gasteiger partial charge on any atom is -0.493 e. The minimum absolute atomic E-state index is 0.0131. The zero-order valence-corrected chi connectivity index (χ0v) is 37.5. The van der Waals surface area contributed by atoms with E-state index in [9.17, 15) is 9.59 Å². The Kier molecular flexibility index (Phi) is 14.7. The van der Waals surface area contributed by atoms with Crippen molar-refractivity contribution in [1.29, 1.82) is 0 Å². The maximum Gasteiger partial charge on any atom is 0.254 e. The molecular formula is C47H56N6O6S2. The number of amides is 2. The molecule has 61 heavy (non-hydrogen) atoms. The van der Waals surface area contributed by atoms with Gasteiger partial charge in [0.25, 0.3) is 11.8 Å². The lowest BCUT2D eigenvalue weighted by Crippen LogP contribution is -2.45. The second-order valence-electron chi connectivity index (χ2n) is 15.6. The van der Waals surface area contributed by atoms with E-state index in [4.69, 9.17) is 28.9 Å². The number of rotatable bonds is 15. The molecule has 2 aliphatic heterocycles. The molecule has 4 aromatic carbocycles. The Morgan fingerprint density at radius 2 is 1.20 bits per heavy atom. The highest BCUT2D eigenvalue weighted by atomic mass is 32.1. The molecule has 4 heterocycles. The average Bonchev–Trinajstić information content (AvgIpc) is 4.12. The monoisotopic (exact) mass is 864 g/mol. The summed E-state index contributed by atoms with van der Waals surface area (Å²) in [5.41, 5.74) is 3.14. The molecule has 12 nitrogen and oxygen atoms in total. The van der Waals surface area contributed by atoms with Gasteiger partial charge in [-0.25, -0.2) is 9.97 Å². The third-order valence-corrected chi connectivity index (χ3v) is 13.3. The van der Waals surface area contributed by atoms with E-state index in [1.54, 1.807) is 81.4 Å². The van der Waals surface area contributed by atoms with Crippen LogP contribution in [0.1, 0.15) is 70.3 Å². The van der Waals surface area contributed by atoms with E-state index < -0.39 is 0 Å². The van der Waals surface area contributed by atoms with Gasteiger partial charge in [-0.2, -0.15) is 0 Å². The summed E-state index contributed by atoms with van der Waals surface area (Å²) in [7, 11) is 6.35. The van der Waals surface area contributed by atoms with Gasteiger partial charge >= 0.3 is 0 Å². The highest BCUT2D eigenvalue weighted by Crippen LogP contribution is 2.32. The Morgan fingerprint density at radius 1 is 0.689 bits per heavy atom. The fourth-order valence-corrected chi connectivity index (χ4v) is 10.2. The van der Waals surface area contributed by atoms with Gasteiger partial charge in [-0.15, -0.1) is 22.7 Å². The van der Waals surface area contributed by atoms with E-state index in [2.05, 4.69) is 36.2 Å². The van der Waals surface area contributed by atoms with E-state index in [-0.39, 0.29) is 11.8 Å². The van der Waals surface area contributed by atoms with Crippen LogP contribution in [-0.2, 0) is 13.1 Å². The van der Waals surface area contributed by atoms with Crippen LogP contribution in [0.25, 0.3) is 20.4 Å². The molecule has 0 spiro atoms. The lowest BCUT2D eigenvalue weighted by molar-refractivity contribution is 0.0670. The summed E-state index contributed by atoms with van der Waals surface area (Å²) >= 11 is 3.29. The van der Waals surface area contributed by atoms with Crippen molar-refractivity contribution in [1.82, 2.24) is 30.0 Å². The smallest absolute Gasteiger partial charge is 0.254 e. The molecule has 0 radical (unpaired) electrons. The largest absolute Gasteiger partial charge is 0.493 e. The maximum absolute atomic E-state index is 13.7. The van der Waals surface area contributed by atoms with Crippen LogP contribution >= 0.6 is 22.7 Å². The van der Waals surface area contributed by atoms with Crippen LogP contribution in [0.3, 0.4) is 0 Å². The molecule has 0 bridgehead atoms. The predicted molar refractivity (Wildman–Crippen MR) is 244 cm³/mol. The van der Waals surface area contributed by atoms with E-state index in [1.807, 2.05) is 52.3 Å². The summed E-state index contributed by atoms with van der Waals surface area (Å²) in [6.45, 7) is 8.87. The van der Waals surface area contributed by atoms with Gasteiger partial charge < -0.3 is 34.1 Å². The molecule has 2 aliphatic rings. The number of aromatic nitrogens is 2. The number of fused-ring (bicyclic) bond motifs is 2. The van der Waals surface area contributed by atoms with Gasteiger partial charge in [-0.1, -0.05) is 24.3 Å². The zero-order valence-electron chi connectivity index (χ0n) is 35.9. The molecule has 2 atom stereocenters. The first-order valence-corrected chi connectivity index (χ1v) is 22.5. The van der Waals surface area contributed by atoms with Crippen LogP contribution in [0.2, 0.25) is 0 Å². The summed E-state index contributed by atoms with van der Waals surface area (Å²) in [6.07, 6.45) is 4.50. The van der Waals surface area contributed by atoms with Crippen molar-refractivity contribution in [2.75, 3.05) is 54.6 Å². The minimum atomic E-state index is -0.0288. The van der Waals surface area contributed by atoms with Gasteiger partial charge in [-0.3, -0.25) is 14.5 Å². The van der Waals surface area contributed by atoms with Gasteiger partial charge in [0.05, 0.1) is 62.0 Å². The number of methoxy groups -OCH3 is 4. The second-order valence-corrected chi connectivity index (χ2v) is 17.8. The first-order valence-electron chi connectivity index (χ1n) is 20.9. The van der Waals surface area contributed by atoms with E-state index >= 15 is 0 Å². The standard InChI is InChI=1S/C25H31N3O3S.C22H25N3O3S/c1-17(2)28-13-7-8-19(28)15-27(16-24-26-20-9-5-6-10-23(20)32-24)25(29)18-11-12-21(30-3)22(14-18)31-4;1-27-18-10-9-15(12-19(18)28-2)22(26)25(13-16-6-5-11-23-16)14-21-24-17-7-3-4-8-20(17)29-21/h5-6,9-12,14,17,19H,7-8,13,15-16H2,1-4H3;3-4,7-10,12,16,23H,5-6,11,13-14H2,1-2H3/t19-;16-/m00/s1. The van der Waals surface area contributed by atoms with Crippen LogP contribution < -0.4 is 24.3 Å². The summed E-state index contributed by atoms with van der Waals surface area (Å²) in [5, 5.41) is 5.39. The summed E-state index contributed by atoms with van der Waals surface area (Å²) in [6, 6.07) is 28.0. The number of thiazole rings is 2. The normalized spacial score (nSPS) is 16.4. The third kappa shape index (κ3) is 10.6. The average molecular weight is 865 g/mol. The Balaban J connectivity index is 0.000000185. The zero-order chi connectivity index (χ0) is 42.9. The summed E-state index contributed by atoms with van der Waals surface area (Å²) in [5.74, 6) is 2.29. The maximum atomic E-state index is 13.7. The first-order chi connectivity index (χ1) is 29.7. The first kappa shape index (κ1) is 43.8. The summed E-state index contributed by atoms with van der Waals surface area (Å²) < 4.78 is 23.7. The van der Waals surface area contributed by atoms with Crippen molar-refractivity contribution < 1.29 is 28.5 Å². The molecule has 14 heteroatoms. The predicted octanol–water partition coefficient (Wildman–Crippen LogP) is 8.54. The summed E-state index contributed by atoms with van der Waals surface area (Å²) in [4.78, 5) is 42.9. The fraction of sp³-hybridized carbons (Fsp3) is 0.404. The van der Waals surface area contributed by atoms with Gasteiger partial charge in [0.15, 0.2) is 23.0 Å². The van der Waals surface area contributed by atoms with Crippen molar-refractivity contribution in [3.05, 3.63) is 106 Å². The SMILES string of the molecule is COc1ccc(C(=O)N(Cc2nc3ccccc3s2)C[C@@H]2CCCN2)cc1OC.COc1ccc(C(=O)N(Cc2nc3ccccc3s2)C[C@@H]2CCCN2C(C)C)cc1OC. The molecule has 0 unspecified atom stereocenters. The molecule has 2 saturated heterocycles. The topological polar surface area (TPSA) is 119 Å². The molecule has 2 fully saturated rings. The van der Waals surface area contributed by atoms with Crippen LogP contribution in [0, 0.1) is 0 Å². The molecule has 2 amide bonds. The van der Waals surface area contributed by atoms with Crippen molar-refractivity contribution in [2.24, 2.45) is 0 Å². The van der Waals surface area contributed by atoms with Crippen molar-refractivity contribution in [3.63, 3.8) is 0 Å². The molecule has 6 aromatic rings. The van der Waals surface area contributed by atoms with Gasteiger partial charge in [0.2, 0.25) is 0 Å². The third-order valence-electron chi connectivity index (χ3n) is 11.3. The number of benzene rings is 4. The van der Waals surface area contributed by atoms with E-state index in [0.717, 1.165) is 62.8 Å². The van der Waals surface area contributed by atoms with Crippen molar-refractivity contribution in [3.8, 4) is 23.0 Å². The number of nitrogens with one attached hydrogen (secondary N) is 1. The molecule has 1 N–H and O–H groups in total. The number of hydrogen-bond donors (Lipinski definition) is 1. The molecular weight excluding hydrogens is 809 g/mol. The van der Waals surface area contributed by atoms with E-state index in [0.29, 0.717) is 78.4 Å².